The van der Waals surface area contributed by atoms with Crippen LogP contribution in [0.25, 0.3) is 5.69 Å². The third-order valence-electron chi connectivity index (χ3n) is 5.33. The van der Waals surface area contributed by atoms with Gasteiger partial charge >= 0.3 is 5.97 Å². The van der Waals surface area contributed by atoms with Gasteiger partial charge in [-0.15, -0.1) is 0 Å². The number of aromatic nitrogens is 1. The highest BCUT2D eigenvalue weighted by molar-refractivity contribution is 5.98. The van der Waals surface area contributed by atoms with Crippen molar-refractivity contribution in [2.45, 2.75) is 34.1 Å². The van der Waals surface area contributed by atoms with E-state index in [0.717, 1.165) is 33.8 Å². The average Bonchev–Trinajstić information content (AvgIpc) is 3.03. The minimum absolute atomic E-state index is 0.0686. The molecule has 1 heterocycles. The molecule has 5 nitrogen and oxygen atoms in total. The molecule has 2 N–H and O–H groups in total. The van der Waals surface area contributed by atoms with E-state index in [9.17, 15) is 14.7 Å². The normalized spacial score (nSPS) is 11.9. The van der Waals surface area contributed by atoms with Gasteiger partial charge < -0.3 is 15.0 Å². The van der Waals surface area contributed by atoms with Crippen molar-refractivity contribution in [1.82, 2.24) is 9.88 Å². The molecule has 0 aliphatic carbocycles. The Morgan fingerprint density at radius 1 is 0.933 bits per heavy atom. The molecule has 3 aromatic rings. The Morgan fingerprint density at radius 2 is 1.60 bits per heavy atom. The van der Waals surface area contributed by atoms with Gasteiger partial charge in [-0.05, 0) is 63.9 Å². The molecule has 5 heteroatoms. The molecule has 0 radical (unpaired) electrons. The number of hydrogen-bond donors (Lipinski definition) is 2. The fourth-order valence-corrected chi connectivity index (χ4v) is 3.76. The van der Waals surface area contributed by atoms with Gasteiger partial charge in [0.15, 0.2) is 0 Å². The van der Waals surface area contributed by atoms with E-state index in [2.05, 4.69) is 5.32 Å². The molecule has 0 saturated heterocycles. The smallest absolute Gasteiger partial charge is 0.308 e. The van der Waals surface area contributed by atoms with Crippen molar-refractivity contribution in [1.29, 1.82) is 0 Å². The predicted molar refractivity (Wildman–Crippen MR) is 118 cm³/mol. The molecule has 0 aliphatic rings. The van der Waals surface area contributed by atoms with E-state index in [4.69, 9.17) is 0 Å². The quantitative estimate of drug-likeness (QED) is 0.614. The van der Waals surface area contributed by atoms with E-state index < -0.39 is 11.9 Å². The zero-order chi connectivity index (χ0) is 21.8. The van der Waals surface area contributed by atoms with Crippen LogP contribution in [-0.4, -0.2) is 28.1 Å². The highest BCUT2D eigenvalue weighted by Crippen LogP contribution is 2.22. The Hall–Kier alpha value is -3.34. The molecule has 156 valence electrons. The van der Waals surface area contributed by atoms with Crippen LogP contribution in [0, 0.1) is 33.6 Å². The number of aliphatic carboxylic acids is 1. The first kappa shape index (κ1) is 21.4. The van der Waals surface area contributed by atoms with Crippen molar-refractivity contribution in [2.75, 3.05) is 6.54 Å². The number of rotatable bonds is 7. The molecule has 0 saturated carbocycles. The number of nitrogens with zero attached hydrogens (tertiary/aromatic N) is 1. The Kier molecular flexibility index (Phi) is 6.40. The van der Waals surface area contributed by atoms with Gasteiger partial charge in [0.25, 0.3) is 5.91 Å². The largest absolute Gasteiger partial charge is 0.481 e. The van der Waals surface area contributed by atoms with E-state index in [0.29, 0.717) is 12.0 Å². The number of nitrogens with one attached hydrogen (secondary N) is 1. The maximum absolute atomic E-state index is 13.1. The molecule has 1 amide bonds. The van der Waals surface area contributed by atoms with Crippen LogP contribution in [0.2, 0.25) is 0 Å². The minimum atomic E-state index is -0.918. The third-order valence-corrected chi connectivity index (χ3v) is 5.33. The van der Waals surface area contributed by atoms with E-state index in [1.54, 1.807) is 0 Å². The van der Waals surface area contributed by atoms with Crippen molar-refractivity contribution in [3.8, 4) is 5.69 Å². The van der Waals surface area contributed by atoms with E-state index in [1.807, 2.05) is 86.9 Å². The summed E-state index contributed by atoms with van der Waals surface area (Å²) < 4.78 is 2.04. The number of hydrogen-bond acceptors (Lipinski definition) is 2. The van der Waals surface area contributed by atoms with E-state index >= 15 is 0 Å². The third kappa shape index (κ3) is 4.79. The van der Waals surface area contributed by atoms with Crippen LogP contribution in [0.1, 0.15) is 38.4 Å². The van der Waals surface area contributed by atoms with Gasteiger partial charge in [0.05, 0.1) is 17.2 Å². The van der Waals surface area contributed by atoms with E-state index in [1.165, 1.54) is 0 Å². The van der Waals surface area contributed by atoms with Gasteiger partial charge in [0.2, 0.25) is 0 Å². The summed E-state index contributed by atoms with van der Waals surface area (Å²) >= 11 is 0. The van der Waals surface area contributed by atoms with Crippen LogP contribution >= 0.6 is 0 Å². The summed E-state index contributed by atoms with van der Waals surface area (Å²) in [6.45, 7) is 7.98. The molecule has 0 bridgehead atoms. The summed E-state index contributed by atoms with van der Waals surface area (Å²) in [5.74, 6) is -1.88. The maximum atomic E-state index is 13.1. The summed E-state index contributed by atoms with van der Waals surface area (Å²) in [7, 11) is 0. The van der Waals surface area contributed by atoms with Crippen LogP contribution in [0.4, 0.5) is 0 Å². The molecule has 1 unspecified atom stereocenters. The molecular formula is C25H28N2O3. The highest BCUT2D eigenvalue weighted by atomic mass is 16.4. The maximum Gasteiger partial charge on any atom is 0.308 e. The molecule has 1 aromatic heterocycles. The lowest BCUT2D eigenvalue weighted by molar-refractivity contribution is -0.141. The average molecular weight is 405 g/mol. The van der Waals surface area contributed by atoms with Crippen LogP contribution in [0.5, 0.6) is 0 Å². The standard InChI is InChI=1S/C25H28N2O3/c1-16-6-5-7-20(12-16)14-21(25(29)30)15-26-24(28)22-13-17(2)8-11-23(22)27-18(3)9-10-19(27)4/h5-13,21H,14-15H2,1-4H3,(H,26,28)(H,29,30). The van der Waals surface area contributed by atoms with Crippen molar-refractivity contribution >= 4 is 11.9 Å². The van der Waals surface area contributed by atoms with Crippen molar-refractivity contribution < 1.29 is 14.7 Å². The topological polar surface area (TPSA) is 71.3 Å². The van der Waals surface area contributed by atoms with Crippen molar-refractivity contribution in [2.24, 2.45) is 5.92 Å². The number of carboxylic acid groups (broad SMARTS) is 1. The Labute approximate surface area is 177 Å². The Morgan fingerprint density at radius 3 is 2.23 bits per heavy atom. The second-order valence-corrected chi connectivity index (χ2v) is 7.91. The van der Waals surface area contributed by atoms with Crippen LogP contribution in [0.15, 0.2) is 54.6 Å². The first-order valence-electron chi connectivity index (χ1n) is 10.1. The number of aryl methyl sites for hydroxylation is 4. The summed E-state index contributed by atoms with van der Waals surface area (Å²) in [6.07, 6.45) is 0.369. The number of carbonyl (C=O) groups excluding carboxylic acids is 1. The molecule has 1 atom stereocenters. The summed E-state index contributed by atoms with van der Waals surface area (Å²) in [4.78, 5) is 24.8. The van der Waals surface area contributed by atoms with Crippen LogP contribution in [-0.2, 0) is 11.2 Å². The first-order chi connectivity index (χ1) is 14.3. The van der Waals surface area contributed by atoms with Crippen LogP contribution in [0.3, 0.4) is 0 Å². The fraction of sp³-hybridized carbons (Fsp3) is 0.280. The molecule has 0 spiro atoms. The Bertz CT molecular complexity index is 1060. The van der Waals surface area contributed by atoms with Gasteiger partial charge in [0.1, 0.15) is 0 Å². The number of carbonyl (C=O) groups is 2. The summed E-state index contributed by atoms with van der Waals surface area (Å²) in [5.41, 5.74) is 6.41. The van der Waals surface area contributed by atoms with Gasteiger partial charge in [-0.1, -0.05) is 41.5 Å². The number of amides is 1. The van der Waals surface area contributed by atoms with E-state index in [-0.39, 0.29) is 12.5 Å². The lowest BCUT2D eigenvalue weighted by atomic mass is 9.98. The highest BCUT2D eigenvalue weighted by Gasteiger charge is 2.21. The minimum Gasteiger partial charge on any atom is -0.481 e. The SMILES string of the molecule is Cc1cccc(CC(CNC(=O)c2cc(C)ccc2-n2c(C)ccc2C)C(=O)O)c1. The van der Waals surface area contributed by atoms with Crippen LogP contribution < -0.4 is 5.32 Å². The molecule has 3 rings (SSSR count). The van der Waals surface area contributed by atoms with Crippen molar-refractivity contribution in [3.05, 3.63) is 88.2 Å². The fourth-order valence-electron chi connectivity index (χ4n) is 3.76. The first-order valence-corrected chi connectivity index (χ1v) is 10.1. The lowest BCUT2D eigenvalue weighted by Crippen LogP contribution is -2.34. The second-order valence-electron chi connectivity index (χ2n) is 7.91. The molecular weight excluding hydrogens is 376 g/mol. The molecule has 2 aromatic carbocycles. The Balaban J connectivity index is 1.81. The van der Waals surface area contributed by atoms with Gasteiger partial charge in [-0.25, -0.2) is 0 Å². The molecule has 30 heavy (non-hydrogen) atoms. The summed E-state index contributed by atoms with van der Waals surface area (Å²) in [6, 6.07) is 17.6. The van der Waals surface area contributed by atoms with Crippen molar-refractivity contribution in [3.63, 3.8) is 0 Å². The summed E-state index contributed by atoms with van der Waals surface area (Å²) in [5, 5.41) is 12.5. The lowest BCUT2D eigenvalue weighted by Gasteiger charge is -2.17. The second kappa shape index (κ2) is 8.99. The monoisotopic (exact) mass is 404 g/mol. The zero-order valence-electron chi connectivity index (χ0n) is 17.9. The number of carboxylic acids is 1. The predicted octanol–water partition coefficient (Wildman–Crippen LogP) is 4.38. The van der Waals surface area contributed by atoms with Gasteiger partial charge in [-0.2, -0.15) is 0 Å². The molecule has 0 aliphatic heterocycles. The van der Waals surface area contributed by atoms with Gasteiger partial charge in [0, 0.05) is 17.9 Å². The number of benzene rings is 2. The van der Waals surface area contributed by atoms with Gasteiger partial charge in [-0.3, -0.25) is 9.59 Å². The zero-order valence-corrected chi connectivity index (χ0v) is 17.9. The molecule has 0 fully saturated rings.